The third-order valence-corrected chi connectivity index (χ3v) is 3.73. The highest BCUT2D eigenvalue weighted by atomic mass is 79.9. The Balaban J connectivity index is 1.71. The molecular weight excluding hydrogens is 342 g/mol. The zero-order valence-corrected chi connectivity index (χ0v) is 13.6. The van der Waals surface area contributed by atoms with Crippen LogP contribution < -0.4 is 5.32 Å². The fraction of sp³-hybridized carbons (Fsp3) is 0.0556. The Morgan fingerprint density at radius 2 is 1.91 bits per heavy atom. The normalized spacial score (nSPS) is 11.2. The Hall–Kier alpha value is -2.33. The van der Waals surface area contributed by atoms with Crippen molar-refractivity contribution in [2.24, 2.45) is 0 Å². The van der Waals surface area contributed by atoms with Crippen LogP contribution in [0.3, 0.4) is 0 Å². The third-order valence-electron chi connectivity index (χ3n) is 3.20. The molecule has 4 heteroatoms. The number of anilines is 1. The van der Waals surface area contributed by atoms with Gasteiger partial charge in [0, 0.05) is 21.6 Å². The van der Waals surface area contributed by atoms with Crippen LogP contribution >= 0.6 is 15.9 Å². The molecule has 0 fully saturated rings. The molecule has 22 heavy (non-hydrogen) atoms. The van der Waals surface area contributed by atoms with Crippen LogP contribution in [0.25, 0.3) is 17.0 Å². The molecule has 0 unspecified atom stereocenters. The smallest absolute Gasteiger partial charge is 0.248 e. The fourth-order valence-electron chi connectivity index (χ4n) is 2.14. The maximum atomic E-state index is 11.9. The zero-order valence-electron chi connectivity index (χ0n) is 12.0. The summed E-state index contributed by atoms with van der Waals surface area (Å²) in [7, 11) is 0. The van der Waals surface area contributed by atoms with Gasteiger partial charge in [-0.25, -0.2) is 0 Å². The van der Waals surface area contributed by atoms with Gasteiger partial charge in [0.2, 0.25) is 5.91 Å². The summed E-state index contributed by atoms with van der Waals surface area (Å²) in [6.45, 7) is 2.04. The maximum Gasteiger partial charge on any atom is 0.248 e. The van der Waals surface area contributed by atoms with E-state index in [0.29, 0.717) is 5.76 Å². The quantitative estimate of drug-likeness (QED) is 0.659. The molecule has 110 valence electrons. The van der Waals surface area contributed by atoms with Crippen molar-refractivity contribution in [3.05, 3.63) is 70.4 Å². The molecule has 0 saturated carbocycles. The van der Waals surface area contributed by atoms with E-state index in [1.807, 2.05) is 49.4 Å². The molecule has 1 N–H and O–H groups in total. The van der Waals surface area contributed by atoms with E-state index >= 15 is 0 Å². The molecule has 1 heterocycles. The molecular formula is C18H14BrNO2. The van der Waals surface area contributed by atoms with Crippen LogP contribution in [0.15, 0.2) is 63.5 Å². The van der Waals surface area contributed by atoms with Gasteiger partial charge in [0.05, 0.1) is 0 Å². The number of benzene rings is 2. The molecule has 0 aliphatic rings. The van der Waals surface area contributed by atoms with Gasteiger partial charge in [-0.1, -0.05) is 27.6 Å². The molecule has 0 radical (unpaired) electrons. The Morgan fingerprint density at radius 3 is 2.68 bits per heavy atom. The first-order chi connectivity index (χ1) is 10.6. The van der Waals surface area contributed by atoms with Crippen LogP contribution in [-0.4, -0.2) is 5.91 Å². The van der Waals surface area contributed by atoms with Gasteiger partial charge < -0.3 is 9.73 Å². The van der Waals surface area contributed by atoms with E-state index in [1.165, 1.54) is 11.6 Å². The molecule has 0 spiro atoms. The van der Waals surface area contributed by atoms with Crippen molar-refractivity contribution in [2.75, 3.05) is 5.32 Å². The number of nitrogens with one attached hydrogen (secondary N) is 1. The number of amides is 1. The fourth-order valence-corrected chi connectivity index (χ4v) is 2.40. The predicted octanol–water partition coefficient (Wildman–Crippen LogP) is 5.16. The minimum absolute atomic E-state index is 0.195. The number of rotatable bonds is 3. The summed E-state index contributed by atoms with van der Waals surface area (Å²) in [6, 6.07) is 15.3. The van der Waals surface area contributed by atoms with Crippen LogP contribution in [-0.2, 0) is 4.79 Å². The summed E-state index contributed by atoms with van der Waals surface area (Å²) >= 11 is 3.36. The lowest BCUT2D eigenvalue weighted by Crippen LogP contribution is -2.07. The summed E-state index contributed by atoms with van der Waals surface area (Å²) < 4.78 is 6.64. The number of aryl methyl sites for hydroxylation is 1. The lowest BCUT2D eigenvalue weighted by atomic mass is 10.2. The number of hydrogen-bond acceptors (Lipinski definition) is 2. The first-order valence-electron chi connectivity index (χ1n) is 6.85. The lowest BCUT2D eigenvalue weighted by Gasteiger charge is -2.01. The molecule has 0 aliphatic heterocycles. The molecule has 3 aromatic rings. The second kappa shape index (κ2) is 6.20. The summed E-state index contributed by atoms with van der Waals surface area (Å²) in [5.74, 6) is 0.463. The van der Waals surface area contributed by atoms with Gasteiger partial charge in [-0.3, -0.25) is 4.79 Å². The lowest BCUT2D eigenvalue weighted by molar-refractivity contribution is -0.111. The number of hydrogen-bond donors (Lipinski definition) is 1. The Labute approximate surface area is 136 Å². The van der Waals surface area contributed by atoms with E-state index in [2.05, 4.69) is 27.3 Å². The number of furan rings is 1. The number of fused-ring (bicyclic) bond motifs is 1. The van der Waals surface area contributed by atoms with E-state index in [0.717, 1.165) is 21.1 Å². The van der Waals surface area contributed by atoms with Crippen LogP contribution in [0.4, 0.5) is 5.69 Å². The standard InChI is InChI=1S/C18H14BrNO2/c1-12-2-8-17-13(10-12)11-16(22-17)7-9-18(21)20-15-5-3-14(19)4-6-15/h2-11H,1H3,(H,20,21). The molecule has 2 aromatic carbocycles. The van der Waals surface area contributed by atoms with Gasteiger partial charge in [-0.15, -0.1) is 0 Å². The summed E-state index contributed by atoms with van der Waals surface area (Å²) in [5.41, 5.74) is 2.74. The average molecular weight is 356 g/mol. The zero-order chi connectivity index (χ0) is 15.5. The van der Waals surface area contributed by atoms with E-state index in [1.54, 1.807) is 6.08 Å². The first-order valence-corrected chi connectivity index (χ1v) is 7.64. The van der Waals surface area contributed by atoms with Crippen molar-refractivity contribution in [3.8, 4) is 0 Å². The maximum absolute atomic E-state index is 11.9. The van der Waals surface area contributed by atoms with E-state index < -0.39 is 0 Å². The second-order valence-electron chi connectivity index (χ2n) is 5.02. The van der Waals surface area contributed by atoms with Crippen molar-refractivity contribution >= 4 is 44.6 Å². The van der Waals surface area contributed by atoms with Gasteiger partial charge in [0.15, 0.2) is 0 Å². The van der Waals surface area contributed by atoms with Gasteiger partial charge in [-0.05, 0) is 55.5 Å². The van der Waals surface area contributed by atoms with E-state index in [4.69, 9.17) is 4.42 Å². The third kappa shape index (κ3) is 3.46. The molecule has 0 saturated heterocycles. The van der Waals surface area contributed by atoms with Crippen molar-refractivity contribution in [1.29, 1.82) is 0 Å². The highest BCUT2D eigenvalue weighted by Gasteiger charge is 2.02. The highest BCUT2D eigenvalue weighted by Crippen LogP contribution is 2.21. The first kappa shape index (κ1) is 14.6. The van der Waals surface area contributed by atoms with Crippen LogP contribution in [0.5, 0.6) is 0 Å². The second-order valence-corrected chi connectivity index (χ2v) is 5.94. The SMILES string of the molecule is Cc1ccc2oc(C=CC(=O)Nc3ccc(Br)cc3)cc2c1. The molecule has 0 aliphatic carbocycles. The van der Waals surface area contributed by atoms with Crippen LogP contribution in [0, 0.1) is 6.92 Å². The topological polar surface area (TPSA) is 42.2 Å². The Bertz CT molecular complexity index is 847. The Kier molecular flexibility index (Phi) is 4.11. The van der Waals surface area contributed by atoms with Gasteiger partial charge in [0.1, 0.15) is 11.3 Å². The largest absolute Gasteiger partial charge is 0.457 e. The predicted molar refractivity (Wildman–Crippen MR) is 92.8 cm³/mol. The number of carbonyl (C=O) groups is 1. The molecule has 1 aromatic heterocycles. The summed E-state index contributed by atoms with van der Waals surface area (Å²) in [5, 5.41) is 3.83. The molecule has 0 bridgehead atoms. The Morgan fingerprint density at radius 1 is 1.14 bits per heavy atom. The van der Waals surface area contributed by atoms with Crippen molar-refractivity contribution in [2.45, 2.75) is 6.92 Å². The highest BCUT2D eigenvalue weighted by molar-refractivity contribution is 9.10. The molecule has 1 amide bonds. The van der Waals surface area contributed by atoms with Crippen LogP contribution in [0.2, 0.25) is 0 Å². The summed E-state index contributed by atoms with van der Waals surface area (Å²) in [6.07, 6.45) is 3.14. The monoisotopic (exact) mass is 355 g/mol. The van der Waals surface area contributed by atoms with Crippen molar-refractivity contribution in [3.63, 3.8) is 0 Å². The van der Waals surface area contributed by atoms with Crippen molar-refractivity contribution in [1.82, 2.24) is 0 Å². The number of halogens is 1. The van der Waals surface area contributed by atoms with E-state index in [-0.39, 0.29) is 5.91 Å². The van der Waals surface area contributed by atoms with Gasteiger partial charge in [-0.2, -0.15) is 0 Å². The van der Waals surface area contributed by atoms with Gasteiger partial charge >= 0.3 is 0 Å². The molecule has 3 nitrogen and oxygen atoms in total. The summed E-state index contributed by atoms with van der Waals surface area (Å²) in [4.78, 5) is 11.9. The number of carbonyl (C=O) groups excluding carboxylic acids is 1. The minimum atomic E-state index is -0.195. The average Bonchev–Trinajstić information content (AvgIpc) is 2.89. The molecule has 3 rings (SSSR count). The van der Waals surface area contributed by atoms with Gasteiger partial charge in [0.25, 0.3) is 0 Å². The van der Waals surface area contributed by atoms with Crippen molar-refractivity contribution < 1.29 is 9.21 Å². The van der Waals surface area contributed by atoms with E-state index in [9.17, 15) is 4.79 Å². The minimum Gasteiger partial charge on any atom is -0.457 e. The molecule has 0 atom stereocenters. The van der Waals surface area contributed by atoms with Crippen LogP contribution in [0.1, 0.15) is 11.3 Å².